The topological polar surface area (TPSA) is 40.5 Å². The van der Waals surface area contributed by atoms with E-state index < -0.39 is 0 Å². The number of phenols is 2. The van der Waals surface area contributed by atoms with Crippen LogP contribution < -0.4 is 0 Å². The van der Waals surface area contributed by atoms with Crippen LogP contribution in [0.1, 0.15) is 217 Å². The van der Waals surface area contributed by atoms with Crippen LogP contribution in [0.5, 0.6) is 11.5 Å². The Kier molecular flexibility index (Phi) is 7.46. The molecular weight excluding hydrogens is 669 g/mol. The molecule has 2 nitrogen and oxygen atoms in total. The Hall–Kier alpha value is -1.96. The maximum Gasteiger partial charge on any atom is 0.122 e. The van der Waals surface area contributed by atoms with Crippen molar-refractivity contribution in [1.82, 2.24) is 0 Å². The number of phenolic OH excluding ortho intramolecular Hbond substituents is 2. The minimum absolute atomic E-state index is 0.204. The van der Waals surface area contributed by atoms with E-state index in [4.69, 9.17) is 0 Å². The largest absolute Gasteiger partial charge is 0.507 e. The second-order valence-electron chi connectivity index (χ2n) is 25.1. The van der Waals surface area contributed by atoms with Gasteiger partial charge in [-0.2, -0.15) is 0 Å². The zero-order valence-corrected chi connectivity index (χ0v) is 37.0. The summed E-state index contributed by atoms with van der Waals surface area (Å²) in [4.78, 5) is 0. The molecule has 8 fully saturated rings. The first kappa shape index (κ1) is 37.3. The number of aromatic hydroxyl groups is 2. The van der Waals surface area contributed by atoms with Gasteiger partial charge in [-0.05, 0) is 208 Å². The lowest BCUT2D eigenvalue weighted by Gasteiger charge is -2.42. The van der Waals surface area contributed by atoms with Crippen LogP contribution in [0.15, 0.2) is 24.3 Å². The average molecular weight is 745 g/mol. The Morgan fingerprint density at radius 1 is 0.400 bits per heavy atom. The number of benzene rings is 2. The Labute approximate surface area is 335 Å². The molecule has 2 aromatic carbocycles. The molecule has 0 heterocycles. The lowest BCUT2D eigenvalue weighted by atomic mass is 9.62. The molecule has 0 aromatic heterocycles. The second kappa shape index (κ2) is 11.0. The van der Waals surface area contributed by atoms with E-state index in [0.29, 0.717) is 35.2 Å². The maximum absolute atomic E-state index is 12.7. The molecule has 8 aliphatic rings. The van der Waals surface area contributed by atoms with E-state index in [1.165, 1.54) is 110 Å². The van der Waals surface area contributed by atoms with Gasteiger partial charge < -0.3 is 10.2 Å². The van der Waals surface area contributed by atoms with E-state index >= 15 is 0 Å². The van der Waals surface area contributed by atoms with Crippen molar-refractivity contribution in [3.05, 3.63) is 57.6 Å². The fourth-order valence-electron chi connectivity index (χ4n) is 17.7. The molecule has 10 rings (SSSR count). The van der Waals surface area contributed by atoms with Gasteiger partial charge in [0.2, 0.25) is 0 Å². The first-order chi connectivity index (χ1) is 25.5. The molecule has 8 bridgehead atoms. The van der Waals surface area contributed by atoms with Crippen molar-refractivity contribution in [2.45, 2.75) is 190 Å². The molecule has 55 heavy (non-hydrogen) atoms. The predicted octanol–water partition coefficient (Wildman–Crippen LogP) is 14.4. The third-order valence-corrected chi connectivity index (χ3v) is 23.5. The Bertz CT molecular complexity index is 1690. The zero-order valence-electron chi connectivity index (χ0n) is 37.0. The highest BCUT2D eigenvalue weighted by atomic mass is 16.3. The Morgan fingerprint density at radius 3 is 0.782 bits per heavy atom. The summed E-state index contributed by atoms with van der Waals surface area (Å²) in [5, 5.41) is 25.4. The van der Waals surface area contributed by atoms with Crippen LogP contribution in [-0.2, 0) is 6.42 Å². The molecule has 0 aliphatic heterocycles. The highest BCUT2D eigenvalue weighted by molar-refractivity contribution is 5.55. The van der Waals surface area contributed by atoms with Gasteiger partial charge in [0.15, 0.2) is 0 Å². The third-order valence-electron chi connectivity index (χ3n) is 23.5. The molecule has 300 valence electrons. The molecule has 0 spiro atoms. The minimum atomic E-state index is 0.204. The summed E-state index contributed by atoms with van der Waals surface area (Å²) in [7, 11) is 0. The summed E-state index contributed by atoms with van der Waals surface area (Å²) < 4.78 is 0. The lowest BCUT2D eigenvalue weighted by Crippen LogP contribution is -2.32. The second-order valence-corrected chi connectivity index (χ2v) is 25.1. The van der Waals surface area contributed by atoms with Crippen molar-refractivity contribution in [3.8, 4) is 11.5 Å². The summed E-state index contributed by atoms with van der Waals surface area (Å²) in [5.41, 5.74) is 9.79. The van der Waals surface area contributed by atoms with Crippen molar-refractivity contribution in [1.29, 1.82) is 0 Å². The summed E-state index contributed by atoms with van der Waals surface area (Å²) in [6.45, 7) is 30.5. The number of hydrogen-bond acceptors (Lipinski definition) is 2. The first-order valence-corrected chi connectivity index (χ1v) is 23.2. The van der Waals surface area contributed by atoms with Gasteiger partial charge in [-0.3, -0.25) is 0 Å². The number of hydrogen-bond donors (Lipinski definition) is 2. The molecule has 2 heteroatoms. The van der Waals surface area contributed by atoms with Gasteiger partial charge in [0.05, 0.1) is 0 Å². The lowest BCUT2D eigenvalue weighted by molar-refractivity contribution is 0.130. The average Bonchev–Trinajstić information content (AvgIpc) is 3.87. The summed E-state index contributed by atoms with van der Waals surface area (Å²) in [6.07, 6.45) is 16.1. The van der Waals surface area contributed by atoms with E-state index in [0.717, 1.165) is 30.1 Å². The van der Waals surface area contributed by atoms with E-state index in [-0.39, 0.29) is 43.3 Å². The quantitative estimate of drug-likeness (QED) is 0.309. The van der Waals surface area contributed by atoms with Crippen LogP contribution in [0.3, 0.4) is 0 Å². The van der Waals surface area contributed by atoms with Crippen LogP contribution >= 0.6 is 0 Å². The van der Waals surface area contributed by atoms with Crippen molar-refractivity contribution < 1.29 is 10.2 Å². The van der Waals surface area contributed by atoms with E-state index in [2.05, 4.69) is 107 Å². The van der Waals surface area contributed by atoms with Crippen LogP contribution in [0.4, 0.5) is 0 Å². The van der Waals surface area contributed by atoms with E-state index in [1.807, 2.05) is 0 Å². The van der Waals surface area contributed by atoms with Gasteiger partial charge >= 0.3 is 0 Å². The van der Waals surface area contributed by atoms with Gasteiger partial charge in [0.25, 0.3) is 0 Å². The van der Waals surface area contributed by atoms with Crippen molar-refractivity contribution in [3.63, 3.8) is 0 Å². The van der Waals surface area contributed by atoms with Crippen LogP contribution in [0.2, 0.25) is 0 Å². The summed E-state index contributed by atoms with van der Waals surface area (Å²) in [5.74, 6) is 5.82. The molecule has 0 unspecified atom stereocenters. The zero-order chi connectivity index (χ0) is 39.3. The highest BCUT2D eigenvalue weighted by Crippen LogP contribution is 2.76. The molecule has 0 amide bonds. The van der Waals surface area contributed by atoms with Gasteiger partial charge in [-0.15, -0.1) is 0 Å². The Morgan fingerprint density at radius 2 is 0.618 bits per heavy atom. The normalized spacial score (nSPS) is 46.0. The highest BCUT2D eigenvalue weighted by Gasteiger charge is 2.66. The fourth-order valence-corrected chi connectivity index (χ4v) is 17.7. The molecule has 0 radical (unpaired) electrons. The summed E-state index contributed by atoms with van der Waals surface area (Å²) >= 11 is 0. The standard InChI is InChI=1S/C53H76O2/c1-46(2)32-13-17-50(46,9)40(26-32)36-22-30(23-37(44(36)54)41-27-33-14-18-51(41,10)47(33,3)4)21-31-24-38(42-28-34-15-19-52(42,11)48(34,5)6)45(55)39(25-31)43-29-35-16-20-53(43,12)49(35,7)8/h22-25,32-35,40-43,54-55H,13-21,26-29H2,1-12H3/t32-,33+,34-,35+,40+,41-,42+,43-,50+,51-,52+,53-. The Balaban J connectivity index is 1.12. The van der Waals surface area contributed by atoms with Crippen molar-refractivity contribution >= 4 is 0 Å². The molecular formula is C53H76O2. The van der Waals surface area contributed by atoms with Crippen LogP contribution in [0, 0.1) is 67.0 Å². The molecule has 8 saturated carbocycles. The predicted molar refractivity (Wildman–Crippen MR) is 227 cm³/mol. The number of fused-ring (bicyclic) bond motifs is 8. The van der Waals surface area contributed by atoms with E-state index in [1.54, 1.807) is 0 Å². The molecule has 8 aliphatic carbocycles. The van der Waals surface area contributed by atoms with Gasteiger partial charge in [-0.25, -0.2) is 0 Å². The number of rotatable bonds is 6. The van der Waals surface area contributed by atoms with Crippen LogP contribution in [-0.4, -0.2) is 10.2 Å². The van der Waals surface area contributed by atoms with Gasteiger partial charge in [-0.1, -0.05) is 107 Å². The van der Waals surface area contributed by atoms with Crippen molar-refractivity contribution in [2.75, 3.05) is 0 Å². The van der Waals surface area contributed by atoms with E-state index in [9.17, 15) is 10.2 Å². The maximum atomic E-state index is 12.7. The minimum Gasteiger partial charge on any atom is -0.507 e. The third kappa shape index (κ3) is 4.30. The molecule has 2 aromatic rings. The van der Waals surface area contributed by atoms with Crippen molar-refractivity contribution in [2.24, 2.45) is 67.0 Å². The molecule has 2 N–H and O–H groups in total. The molecule has 0 saturated heterocycles. The molecule has 12 atom stereocenters. The van der Waals surface area contributed by atoms with Gasteiger partial charge in [0, 0.05) is 0 Å². The smallest absolute Gasteiger partial charge is 0.122 e. The monoisotopic (exact) mass is 745 g/mol. The fraction of sp³-hybridized carbons (Fsp3) is 0.774. The van der Waals surface area contributed by atoms with Gasteiger partial charge in [0.1, 0.15) is 11.5 Å². The first-order valence-electron chi connectivity index (χ1n) is 23.2. The SMILES string of the molecule is CC1(C)[C@@H]2CC[C@@]1(C)[C@H](c1cc(Cc3cc([C@H]4C[C@@H]5CC[C@@]4(C)C5(C)C)c(O)c([C@@H]4C[C@H]5CC[C@]4(C)C5(C)C)c3)cc([C@H]3C[C@@H]4CC[C@@]3(C)C4(C)C)c1O)C2. The van der Waals surface area contributed by atoms with Crippen LogP contribution in [0.25, 0.3) is 0 Å². The summed E-state index contributed by atoms with van der Waals surface area (Å²) in [6, 6.07) is 9.95.